The highest BCUT2D eigenvalue weighted by atomic mass is 19.1. The maximum Gasteiger partial charge on any atom is 0.330 e. The molecule has 1 aliphatic carbocycles. The number of H-pyrrole nitrogens is 1. The Morgan fingerprint density at radius 1 is 1.63 bits per heavy atom. The largest absolute Gasteiger partial charge is 0.393 e. The van der Waals surface area contributed by atoms with Gasteiger partial charge in [-0.15, -0.1) is 0 Å². The molecule has 4 unspecified atom stereocenters. The number of nitrogens with zero attached hydrogens (tertiary/aromatic N) is 1. The topological polar surface area (TPSA) is 105 Å². The van der Waals surface area contributed by atoms with Crippen LogP contribution in [0.2, 0.25) is 0 Å². The molecule has 104 valence electrons. The lowest BCUT2D eigenvalue weighted by molar-refractivity contribution is -0.107. The van der Waals surface area contributed by atoms with Crippen molar-refractivity contribution in [3.05, 3.63) is 33.1 Å². The number of alkyl halides is 1. The van der Waals surface area contributed by atoms with E-state index in [1.54, 1.807) is 0 Å². The minimum absolute atomic E-state index is 0.0297. The number of aromatic nitrogens is 2. The molecule has 3 rings (SSSR count). The molecule has 0 aromatic carbocycles. The van der Waals surface area contributed by atoms with E-state index in [1.165, 1.54) is 0 Å². The number of aromatic amines is 1. The Morgan fingerprint density at radius 3 is 2.84 bits per heavy atom. The lowest BCUT2D eigenvalue weighted by atomic mass is 9.96. The summed E-state index contributed by atoms with van der Waals surface area (Å²) in [7, 11) is 0. The summed E-state index contributed by atoms with van der Waals surface area (Å²) >= 11 is 0. The van der Waals surface area contributed by atoms with Crippen LogP contribution >= 0.6 is 0 Å². The third-order valence-corrected chi connectivity index (χ3v) is 4.14. The van der Waals surface area contributed by atoms with E-state index in [2.05, 4.69) is 0 Å². The van der Waals surface area contributed by atoms with E-state index >= 15 is 0 Å². The quantitative estimate of drug-likeness (QED) is 0.618. The van der Waals surface area contributed by atoms with E-state index < -0.39 is 41.0 Å². The van der Waals surface area contributed by atoms with Crippen LogP contribution in [0.1, 0.15) is 19.6 Å². The maximum atomic E-state index is 14.8. The van der Waals surface area contributed by atoms with E-state index in [9.17, 15) is 24.2 Å². The Morgan fingerprint density at radius 2 is 2.32 bits per heavy atom. The number of aliphatic hydroxyl groups excluding tert-OH is 1. The van der Waals surface area contributed by atoms with Crippen molar-refractivity contribution in [3.8, 4) is 0 Å². The monoisotopic (exact) mass is 272 g/mol. The summed E-state index contributed by atoms with van der Waals surface area (Å²) in [4.78, 5) is 24.6. The Kier molecular flexibility index (Phi) is 2.19. The summed E-state index contributed by atoms with van der Waals surface area (Å²) in [5, 5.41) is 19.4. The van der Waals surface area contributed by atoms with Gasteiger partial charge in [0, 0.05) is 18.7 Å². The van der Waals surface area contributed by atoms with E-state index in [0.29, 0.717) is 0 Å². The summed E-state index contributed by atoms with van der Waals surface area (Å²) in [5.74, 6) is 0. The van der Waals surface area contributed by atoms with Crippen molar-refractivity contribution >= 4 is 0 Å². The molecule has 2 heterocycles. The number of hydrogen-bond donors (Lipinski definition) is 3. The molecule has 2 aliphatic rings. The molecule has 7 nitrogen and oxygen atoms in total. The maximum absolute atomic E-state index is 14.8. The number of fused-ring (bicyclic) bond motifs is 1. The lowest BCUT2D eigenvalue weighted by Crippen LogP contribution is -2.46. The van der Waals surface area contributed by atoms with Crippen molar-refractivity contribution in [3.63, 3.8) is 0 Å². The zero-order chi connectivity index (χ0) is 14.1. The Bertz CT molecular complexity index is 653. The van der Waals surface area contributed by atoms with E-state index in [4.69, 9.17) is 4.74 Å². The van der Waals surface area contributed by atoms with Gasteiger partial charge in [-0.05, 0) is 6.92 Å². The van der Waals surface area contributed by atoms with Crippen molar-refractivity contribution in [1.29, 1.82) is 0 Å². The standard InChI is InChI=1S/C11H13FN2O5/c1-9(12)7(14-3-2-6(16)13-8(14)17)19-10(5-15)4-11(9,10)18/h2-3,7,15,18H,4-5H2,1H3,(H,13,16,17). The molecular weight excluding hydrogens is 259 g/mol. The second kappa shape index (κ2) is 3.33. The van der Waals surface area contributed by atoms with Gasteiger partial charge in [-0.1, -0.05) is 0 Å². The highest BCUT2D eigenvalue weighted by Gasteiger charge is 2.85. The molecule has 1 aliphatic heterocycles. The minimum Gasteiger partial charge on any atom is -0.393 e. The van der Waals surface area contributed by atoms with Crippen LogP contribution in [0.3, 0.4) is 0 Å². The molecule has 1 aromatic rings. The average molecular weight is 272 g/mol. The van der Waals surface area contributed by atoms with Gasteiger partial charge in [0.15, 0.2) is 11.9 Å². The fourth-order valence-corrected chi connectivity index (χ4v) is 2.81. The molecule has 8 heteroatoms. The Balaban J connectivity index is 2.08. The van der Waals surface area contributed by atoms with Crippen molar-refractivity contribution in [2.24, 2.45) is 0 Å². The van der Waals surface area contributed by atoms with Crippen LogP contribution in [-0.4, -0.2) is 43.2 Å². The van der Waals surface area contributed by atoms with Crippen molar-refractivity contribution < 1.29 is 19.3 Å². The molecular formula is C11H13FN2O5. The number of rotatable bonds is 2. The van der Waals surface area contributed by atoms with Gasteiger partial charge in [-0.25, -0.2) is 9.18 Å². The minimum atomic E-state index is -2.25. The number of hydrogen-bond acceptors (Lipinski definition) is 5. The normalized spacial score (nSPS) is 44.1. The number of ether oxygens (including phenoxy) is 1. The van der Waals surface area contributed by atoms with Crippen LogP contribution in [0, 0.1) is 0 Å². The third kappa shape index (κ3) is 1.31. The third-order valence-electron chi connectivity index (χ3n) is 4.14. The van der Waals surface area contributed by atoms with Crippen LogP contribution < -0.4 is 11.2 Å². The van der Waals surface area contributed by atoms with Crippen molar-refractivity contribution in [2.45, 2.75) is 36.4 Å². The Labute approximate surface area is 106 Å². The summed E-state index contributed by atoms with van der Waals surface area (Å²) in [6, 6.07) is 1.06. The first-order chi connectivity index (χ1) is 8.77. The van der Waals surface area contributed by atoms with E-state index in [0.717, 1.165) is 23.8 Å². The molecule has 4 atom stereocenters. The van der Waals surface area contributed by atoms with Gasteiger partial charge >= 0.3 is 5.69 Å². The summed E-state index contributed by atoms with van der Waals surface area (Å²) in [6.07, 6.45) is -0.330. The van der Waals surface area contributed by atoms with Crippen LogP contribution in [0.4, 0.5) is 4.39 Å². The fourth-order valence-electron chi connectivity index (χ4n) is 2.81. The highest BCUT2D eigenvalue weighted by Crippen LogP contribution is 2.68. The predicted molar refractivity (Wildman–Crippen MR) is 60.3 cm³/mol. The van der Waals surface area contributed by atoms with Crippen LogP contribution in [0.15, 0.2) is 21.9 Å². The Hall–Kier alpha value is -1.51. The average Bonchev–Trinajstić information content (AvgIpc) is 2.90. The second-order valence-corrected chi connectivity index (χ2v) is 5.25. The SMILES string of the molecule is CC1(F)C(n2ccc(=O)[nH]c2=O)OC2(CO)CC21O. The van der Waals surface area contributed by atoms with Gasteiger partial charge in [0.2, 0.25) is 0 Å². The smallest absolute Gasteiger partial charge is 0.330 e. The number of halogens is 1. The van der Waals surface area contributed by atoms with Crippen molar-refractivity contribution in [1.82, 2.24) is 9.55 Å². The van der Waals surface area contributed by atoms with Gasteiger partial charge in [-0.3, -0.25) is 14.3 Å². The summed E-state index contributed by atoms with van der Waals surface area (Å²) in [5.41, 5.74) is -6.90. The van der Waals surface area contributed by atoms with Gasteiger partial charge in [-0.2, -0.15) is 0 Å². The zero-order valence-electron chi connectivity index (χ0n) is 10.1. The molecule has 2 fully saturated rings. The lowest BCUT2D eigenvalue weighted by Gasteiger charge is -2.28. The van der Waals surface area contributed by atoms with Crippen LogP contribution in [0.5, 0.6) is 0 Å². The summed E-state index contributed by atoms with van der Waals surface area (Å²) < 4.78 is 21.0. The van der Waals surface area contributed by atoms with Gasteiger partial charge in [0.05, 0.1) is 6.61 Å². The van der Waals surface area contributed by atoms with Crippen LogP contribution in [-0.2, 0) is 4.74 Å². The highest BCUT2D eigenvalue weighted by molar-refractivity contribution is 5.32. The second-order valence-electron chi connectivity index (χ2n) is 5.25. The molecule has 0 radical (unpaired) electrons. The summed E-state index contributed by atoms with van der Waals surface area (Å²) in [6.45, 7) is 0.567. The fraction of sp³-hybridized carbons (Fsp3) is 0.636. The van der Waals surface area contributed by atoms with Gasteiger partial charge in [0.25, 0.3) is 5.56 Å². The molecule has 1 saturated heterocycles. The zero-order valence-corrected chi connectivity index (χ0v) is 10.1. The van der Waals surface area contributed by atoms with Crippen LogP contribution in [0.25, 0.3) is 0 Å². The molecule has 3 N–H and O–H groups in total. The number of aliphatic hydroxyl groups is 2. The van der Waals surface area contributed by atoms with Gasteiger partial charge < -0.3 is 14.9 Å². The predicted octanol–water partition coefficient (Wildman–Crippen LogP) is -1.34. The first kappa shape index (κ1) is 12.5. The molecule has 0 bridgehead atoms. The first-order valence-electron chi connectivity index (χ1n) is 5.79. The molecule has 0 spiro atoms. The van der Waals surface area contributed by atoms with Gasteiger partial charge in [0.1, 0.15) is 11.2 Å². The molecule has 19 heavy (non-hydrogen) atoms. The van der Waals surface area contributed by atoms with E-state index in [1.807, 2.05) is 4.98 Å². The van der Waals surface area contributed by atoms with Crippen molar-refractivity contribution in [2.75, 3.05) is 6.61 Å². The molecule has 1 aromatic heterocycles. The molecule has 1 saturated carbocycles. The van der Waals surface area contributed by atoms with E-state index in [-0.39, 0.29) is 6.42 Å². The number of nitrogens with one attached hydrogen (secondary N) is 1. The molecule has 0 amide bonds. The first-order valence-corrected chi connectivity index (χ1v) is 5.79.